The molecule has 0 bridgehead atoms. The lowest BCUT2D eigenvalue weighted by molar-refractivity contribution is 0.0946. The van der Waals surface area contributed by atoms with Crippen LogP contribution in [0.1, 0.15) is 22.1 Å². The van der Waals surface area contributed by atoms with Gasteiger partial charge in [-0.2, -0.15) is 0 Å². The van der Waals surface area contributed by atoms with Crippen LogP contribution in [0.5, 0.6) is 0 Å². The van der Waals surface area contributed by atoms with Crippen molar-refractivity contribution < 1.29 is 9.53 Å². The van der Waals surface area contributed by atoms with Gasteiger partial charge in [-0.25, -0.2) is 0 Å². The summed E-state index contributed by atoms with van der Waals surface area (Å²) >= 11 is 6.21. The molecule has 0 spiro atoms. The Morgan fingerprint density at radius 1 is 1.14 bits per heavy atom. The quantitative estimate of drug-likeness (QED) is 0.886. The Labute approximate surface area is 127 Å². The van der Waals surface area contributed by atoms with Crippen LogP contribution in [0.4, 0.5) is 5.69 Å². The second kappa shape index (κ2) is 5.73. The molecule has 1 amide bonds. The number of primary amides is 1. The number of nitrogens with zero attached hydrogens (tertiary/aromatic N) is 2. The van der Waals surface area contributed by atoms with Gasteiger partial charge in [-0.1, -0.05) is 36.4 Å². The predicted octanol–water partition coefficient (Wildman–Crippen LogP) is 2.65. The van der Waals surface area contributed by atoms with Crippen LogP contribution in [-0.2, 0) is 4.74 Å². The van der Waals surface area contributed by atoms with Crippen molar-refractivity contribution in [2.75, 3.05) is 11.7 Å². The van der Waals surface area contributed by atoms with Crippen LogP contribution >= 0.6 is 11.8 Å². The third-order valence-electron chi connectivity index (χ3n) is 3.31. The van der Waals surface area contributed by atoms with Crippen LogP contribution in [0.3, 0.4) is 0 Å². The lowest BCUT2D eigenvalue weighted by Crippen LogP contribution is -2.32. The minimum Gasteiger partial charge on any atom is -0.366 e. The summed E-state index contributed by atoms with van der Waals surface area (Å²) in [5.41, 5.74) is 7.43. The van der Waals surface area contributed by atoms with Gasteiger partial charge in [-0.3, -0.25) is 9.80 Å². The first-order valence-electron chi connectivity index (χ1n) is 6.46. The second-order valence-electron chi connectivity index (χ2n) is 4.62. The van der Waals surface area contributed by atoms with Crippen molar-refractivity contribution in [3.63, 3.8) is 0 Å². The zero-order valence-corrected chi connectivity index (χ0v) is 11.9. The molecule has 1 aliphatic heterocycles. The fourth-order valence-corrected chi connectivity index (χ4v) is 2.60. The van der Waals surface area contributed by atoms with Gasteiger partial charge in [0.1, 0.15) is 6.73 Å². The molecule has 6 heteroatoms. The Hall–Kier alpha value is -2.08. The molecule has 0 radical (unpaired) electrons. The van der Waals surface area contributed by atoms with Crippen LogP contribution in [-0.4, -0.2) is 17.2 Å². The molecule has 2 aromatic carbocycles. The third kappa shape index (κ3) is 2.58. The highest BCUT2D eigenvalue weighted by Crippen LogP contribution is 2.36. The number of benzene rings is 2. The number of ether oxygens (including phenoxy) is 1. The van der Waals surface area contributed by atoms with E-state index >= 15 is 0 Å². The Morgan fingerprint density at radius 3 is 2.52 bits per heavy atom. The van der Waals surface area contributed by atoms with E-state index < -0.39 is 12.1 Å². The number of nitrogens with two attached hydrogens (primary N) is 1. The summed E-state index contributed by atoms with van der Waals surface area (Å²) in [6.07, 6.45) is -0.492. The summed E-state index contributed by atoms with van der Waals surface area (Å²) in [6, 6.07) is 16.7. The van der Waals surface area contributed by atoms with Gasteiger partial charge in [0.15, 0.2) is 6.23 Å². The molecule has 5 nitrogen and oxygen atoms in total. The average molecular weight is 304 g/mol. The third-order valence-corrected chi connectivity index (χ3v) is 3.57. The van der Waals surface area contributed by atoms with E-state index in [1.165, 1.54) is 4.53 Å². The first kappa shape index (κ1) is 13.9. The standard InChI is InChI=1S/C15H14ClN3O2/c16-18-10-21-15(19(18)11-6-2-1-3-7-11)13-9-5-4-8-12(13)14(17)20/h1-9,15H,10H2,(H2,17,20). The molecule has 1 aliphatic rings. The number of para-hydroxylation sites is 1. The average Bonchev–Trinajstić information content (AvgIpc) is 2.89. The van der Waals surface area contributed by atoms with Gasteiger partial charge in [0.05, 0.1) is 5.69 Å². The maximum absolute atomic E-state index is 11.6. The number of hydrazine groups is 1. The van der Waals surface area contributed by atoms with Gasteiger partial charge in [0, 0.05) is 22.9 Å². The summed E-state index contributed by atoms with van der Waals surface area (Å²) in [4.78, 5) is 11.6. The van der Waals surface area contributed by atoms with Gasteiger partial charge < -0.3 is 10.5 Å². The van der Waals surface area contributed by atoms with Crippen molar-refractivity contribution >= 4 is 23.4 Å². The minimum atomic E-state index is -0.492. The van der Waals surface area contributed by atoms with E-state index in [1.807, 2.05) is 42.5 Å². The predicted molar refractivity (Wildman–Crippen MR) is 80.3 cm³/mol. The van der Waals surface area contributed by atoms with Crippen LogP contribution in [0.25, 0.3) is 0 Å². The summed E-state index contributed by atoms with van der Waals surface area (Å²) < 4.78 is 7.16. The van der Waals surface area contributed by atoms with E-state index in [9.17, 15) is 4.79 Å². The molecule has 1 fully saturated rings. The molecule has 0 aliphatic carbocycles. The molecule has 21 heavy (non-hydrogen) atoms. The summed E-state index contributed by atoms with van der Waals surface area (Å²) in [5, 5.41) is 1.78. The highest BCUT2D eigenvalue weighted by molar-refractivity contribution is 6.14. The fourth-order valence-electron chi connectivity index (χ4n) is 2.38. The molecule has 3 rings (SSSR count). The Balaban J connectivity index is 2.04. The van der Waals surface area contributed by atoms with Crippen molar-refractivity contribution in [1.82, 2.24) is 4.53 Å². The molecule has 1 heterocycles. The van der Waals surface area contributed by atoms with E-state index in [0.29, 0.717) is 11.1 Å². The Morgan fingerprint density at radius 2 is 1.81 bits per heavy atom. The molecule has 1 saturated heterocycles. The number of hydrogen-bond acceptors (Lipinski definition) is 4. The molecule has 1 unspecified atom stereocenters. The van der Waals surface area contributed by atoms with Gasteiger partial charge in [-0.15, -0.1) is 4.53 Å². The first-order chi connectivity index (χ1) is 10.2. The van der Waals surface area contributed by atoms with E-state index in [1.54, 1.807) is 17.1 Å². The first-order valence-corrected chi connectivity index (χ1v) is 6.80. The van der Waals surface area contributed by atoms with Crippen LogP contribution in [0.2, 0.25) is 0 Å². The van der Waals surface area contributed by atoms with Gasteiger partial charge in [0.2, 0.25) is 5.91 Å². The smallest absolute Gasteiger partial charge is 0.249 e. The number of rotatable bonds is 3. The zero-order valence-electron chi connectivity index (χ0n) is 11.1. The highest BCUT2D eigenvalue weighted by atomic mass is 35.5. The van der Waals surface area contributed by atoms with E-state index in [-0.39, 0.29) is 6.73 Å². The topological polar surface area (TPSA) is 58.8 Å². The molecule has 1 atom stereocenters. The SMILES string of the molecule is NC(=O)c1ccccc1C1OCN(Cl)N1c1ccccc1. The van der Waals surface area contributed by atoms with Gasteiger partial charge in [0.25, 0.3) is 0 Å². The summed E-state index contributed by atoms with van der Waals surface area (Å²) in [6.45, 7) is 0.216. The lowest BCUT2D eigenvalue weighted by Gasteiger charge is -2.28. The van der Waals surface area contributed by atoms with Crippen molar-refractivity contribution in [3.8, 4) is 0 Å². The highest BCUT2D eigenvalue weighted by Gasteiger charge is 2.35. The van der Waals surface area contributed by atoms with Crippen molar-refractivity contribution in [1.29, 1.82) is 0 Å². The molecule has 108 valence electrons. The van der Waals surface area contributed by atoms with Crippen molar-refractivity contribution in [2.24, 2.45) is 5.73 Å². The largest absolute Gasteiger partial charge is 0.366 e. The maximum atomic E-state index is 11.6. The van der Waals surface area contributed by atoms with E-state index in [0.717, 1.165) is 5.69 Å². The molecule has 2 aromatic rings. The number of anilines is 1. The molecular formula is C15H14ClN3O2. The number of carbonyl (C=O) groups is 1. The minimum absolute atomic E-state index is 0.216. The van der Waals surface area contributed by atoms with Crippen LogP contribution in [0.15, 0.2) is 54.6 Å². The van der Waals surface area contributed by atoms with Gasteiger partial charge in [-0.05, 0) is 18.2 Å². The zero-order chi connectivity index (χ0) is 14.8. The van der Waals surface area contributed by atoms with E-state index in [2.05, 4.69) is 0 Å². The number of hydrogen-bond donors (Lipinski definition) is 1. The molecule has 2 N–H and O–H groups in total. The summed E-state index contributed by atoms with van der Waals surface area (Å²) in [7, 11) is 0. The second-order valence-corrected chi connectivity index (χ2v) is 5.01. The molecule has 0 aromatic heterocycles. The normalized spacial score (nSPS) is 18.9. The Kier molecular flexibility index (Phi) is 3.79. The van der Waals surface area contributed by atoms with Crippen molar-refractivity contribution in [3.05, 3.63) is 65.7 Å². The molecular weight excluding hydrogens is 290 g/mol. The van der Waals surface area contributed by atoms with Crippen LogP contribution < -0.4 is 10.7 Å². The number of amides is 1. The lowest BCUT2D eigenvalue weighted by atomic mass is 10.1. The summed E-state index contributed by atoms with van der Waals surface area (Å²) in [5.74, 6) is -0.491. The molecule has 0 saturated carbocycles. The van der Waals surface area contributed by atoms with Crippen LogP contribution in [0, 0.1) is 0 Å². The van der Waals surface area contributed by atoms with Gasteiger partial charge >= 0.3 is 0 Å². The monoisotopic (exact) mass is 303 g/mol. The van der Waals surface area contributed by atoms with E-state index in [4.69, 9.17) is 22.2 Å². The fraction of sp³-hybridized carbons (Fsp3) is 0.133. The van der Waals surface area contributed by atoms with Crippen molar-refractivity contribution in [2.45, 2.75) is 6.23 Å². The maximum Gasteiger partial charge on any atom is 0.249 e. The number of halogens is 1. The Bertz CT molecular complexity index is 650. The number of carbonyl (C=O) groups excluding carboxylic acids is 1.